The molecule has 0 amide bonds. The first-order valence-electron chi connectivity index (χ1n) is 17.5. The monoisotopic (exact) mass is 699 g/mol. The van der Waals surface area contributed by atoms with E-state index in [1.165, 1.54) is 4.70 Å². The van der Waals surface area contributed by atoms with Crippen LogP contribution in [0.1, 0.15) is 11.1 Å². The van der Waals surface area contributed by atoms with Gasteiger partial charge < -0.3 is 4.90 Å². The number of anilines is 3. The Morgan fingerprint density at radius 2 is 1.04 bits per heavy atom. The Morgan fingerprint density at radius 3 is 1.57 bits per heavy atom. The number of para-hydroxylation sites is 2. The first-order valence-corrected chi connectivity index (χ1v) is 18.3. The molecule has 0 spiro atoms. The summed E-state index contributed by atoms with van der Waals surface area (Å²) in [6.07, 6.45) is 0. The molecule has 9 aromatic rings. The van der Waals surface area contributed by atoms with Crippen molar-refractivity contribution in [3.63, 3.8) is 0 Å². The molecule has 53 heavy (non-hydrogen) atoms. The van der Waals surface area contributed by atoms with E-state index in [4.69, 9.17) is 15.0 Å². The molecule has 0 saturated carbocycles. The van der Waals surface area contributed by atoms with Crippen LogP contribution in [0.25, 0.3) is 54.4 Å². The van der Waals surface area contributed by atoms with Gasteiger partial charge in [-0.25, -0.2) is 9.97 Å². The summed E-state index contributed by atoms with van der Waals surface area (Å²) in [5.41, 5.74) is 12.0. The Labute approximate surface area is 311 Å². The average molecular weight is 700 g/mol. The fraction of sp³-hybridized carbons (Fsp3) is 0.0213. The molecule has 0 aliphatic carbocycles. The number of pyridine rings is 2. The van der Waals surface area contributed by atoms with E-state index in [2.05, 4.69) is 162 Å². The summed E-state index contributed by atoms with van der Waals surface area (Å²) in [6.45, 7) is 3.87. The van der Waals surface area contributed by atoms with Crippen LogP contribution >= 0.6 is 11.3 Å². The topological polar surface area (TPSA) is 53.7 Å². The molecule has 0 aliphatic heterocycles. The third-order valence-corrected chi connectivity index (χ3v) is 10.7. The zero-order valence-electron chi connectivity index (χ0n) is 29.0. The number of fused-ring (bicyclic) bond motifs is 3. The smallest absolute Gasteiger partial charge is 0.125 e. The van der Waals surface area contributed by atoms with Gasteiger partial charge in [-0.3, -0.25) is 9.98 Å². The molecule has 0 fully saturated rings. The molecule has 9 rings (SSSR count). The first kappa shape index (κ1) is 32.2. The van der Waals surface area contributed by atoms with Crippen LogP contribution in [0.5, 0.6) is 0 Å². The van der Waals surface area contributed by atoms with Crippen molar-refractivity contribution in [2.24, 2.45) is 9.98 Å². The summed E-state index contributed by atoms with van der Waals surface area (Å²) >= 11 is 1.64. The molecule has 0 bridgehead atoms. The number of hydrogen-bond acceptors (Lipinski definition) is 6. The van der Waals surface area contributed by atoms with E-state index in [0.717, 1.165) is 88.6 Å². The molecule has 0 N–H and O–H groups in total. The van der Waals surface area contributed by atoms with Crippen LogP contribution in [0.2, 0.25) is 0 Å². The van der Waals surface area contributed by atoms with Gasteiger partial charge in [0.2, 0.25) is 0 Å². The minimum absolute atomic E-state index is 0.875. The number of nitrogens with zero attached hydrogens (tertiary/aromatic N) is 5. The van der Waals surface area contributed by atoms with Crippen LogP contribution in [0.4, 0.5) is 22.1 Å². The van der Waals surface area contributed by atoms with E-state index in [1.54, 1.807) is 11.3 Å². The van der Waals surface area contributed by atoms with Crippen molar-refractivity contribution in [1.29, 1.82) is 0 Å². The lowest BCUT2D eigenvalue weighted by Crippen LogP contribution is -2.10. The van der Waals surface area contributed by atoms with Gasteiger partial charge in [-0.05, 0) is 73.4 Å². The summed E-state index contributed by atoms with van der Waals surface area (Å²) in [5, 5.41) is 4.27. The Balaban J connectivity index is 1.10. The molecular weight excluding hydrogens is 667 g/mol. The van der Waals surface area contributed by atoms with Crippen molar-refractivity contribution in [1.82, 2.24) is 9.97 Å². The van der Waals surface area contributed by atoms with E-state index >= 15 is 0 Å². The molecule has 252 valence electrons. The maximum Gasteiger partial charge on any atom is 0.125 e. The highest BCUT2D eigenvalue weighted by Gasteiger charge is 2.19. The molecule has 0 atom stereocenters. The molecule has 3 aromatic heterocycles. The second-order valence-electron chi connectivity index (χ2n) is 12.8. The Hall–Kier alpha value is -6.76. The van der Waals surface area contributed by atoms with Crippen LogP contribution in [-0.2, 0) is 0 Å². The molecule has 3 heterocycles. The number of hydrogen-bond donors (Lipinski definition) is 0. The lowest BCUT2D eigenvalue weighted by atomic mass is 10.00. The Kier molecular flexibility index (Phi) is 8.35. The van der Waals surface area contributed by atoms with Crippen LogP contribution in [-0.4, -0.2) is 29.4 Å². The fourth-order valence-corrected chi connectivity index (χ4v) is 8.00. The standard InChI is InChI=1S/C47H33N5S/c1-48-46(45-39-11-5-8-14-44(39)53-47(45)49-2)35-19-27-38(28-20-35)52(36-23-15-33(16-24-36)42-29-21-31-9-3-6-12-40(31)50-42)37-25-17-34(18-26-37)43-30-22-32-10-4-7-13-41(32)51-43/h3-30H,2H2,1H3/b48-46-. The maximum atomic E-state index is 4.94. The Bertz CT molecular complexity index is 2680. The van der Waals surface area contributed by atoms with Gasteiger partial charge in [0.15, 0.2) is 0 Å². The van der Waals surface area contributed by atoms with E-state index in [0.29, 0.717) is 0 Å². The second kappa shape index (κ2) is 13.8. The minimum Gasteiger partial charge on any atom is -0.311 e. The molecule has 0 unspecified atom stereocenters. The van der Waals surface area contributed by atoms with Crippen molar-refractivity contribution in [2.45, 2.75) is 0 Å². The molecule has 6 aromatic carbocycles. The van der Waals surface area contributed by atoms with Crippen LogP contribution in [0.15, 0.2) is 180 Å². The van der Waals surface area contributed by atoms with Gasteiger partial charge in [0.05, 0.1) is 28.1 Å². The maximum absolute atomic E-state index is 4.94. The average Bonchev–Trinajstić information content (AvgIpc) is 3.60. The third-order valence-electron chi connectivity index (χ3n) is 9.62. The number of thiophene rings is 1. The van der Waals surface area contributed by atoms with E-state index in [-0.39, 0.29) is 0 Å². The summed E-state index contributed by atoms with van der Waals surface area (Å²) < 4.78 is 1.17. The molecule has 0 aliphatic rings. The first-order chi connectivity index (χ1) is 26.2. The van der Waals surface area contributed by atoms with Gasteiger partial charge in [0.25, 0.3) is 0 Å². The number of aliphatic imine (C=N–C) groups is 2. The minimum atomic E-state index is 0.875. The molecular formula is C47H33N5S. The predicted octanol–water partition coefficient (Wildman–Crippen LogP) is 12.6. The van der Waals surface area contributed by atoms with Crippen LogP contribution < -0.4 is 4.90 Å². The summed E-state index contributed by atoms with van der Waals surface area (Å²) in [5.74, 6) is 0. The van der Waals surface area contributed by atoms with Crippen molar-refractivity contribution < 1.29 is 0 Å². The van der Waals surface area contributed by atoms with Gasteiger partial charge in [0.1, 0.15) is 5.00 Å². The highest BCUT2D eigenvalue weighted by molar-refractivity contribution is 7.23. The van der Waals surface area contributed by atoms with Gasteiger partial charge in [-0.1, -0.05) is 103 Å². The van der Waals surface area contributed by atoms with Crippen molar-refractivity contribution in [3.05, 3.63) is 181 Å². The van der Waals surface area contributed by atoms with Crippen LogP contribution in [0.3, 0.4) is 0 Å². The van der Waals surface area contributed by atoms with Crippen molar-refractivity contribution in [2.75, 3.05) is 11.9 Å². The second-order valence-corrected chi connectivity index (χ2v) is 13.8. The number of benzene rings is 6. The quantitative estimate of drug-likeness (QED) is 0.148. The van der Waals surface area contributed by atoms with Crippen molar-refractivity contribution in [3.8, 4) is 22.5 Å². The number of rotatable bonds is 8. The SMILES string of the molecule is C=Nc1sc2ccccc2c1/C(=N\C)c1ccc(N(c2ccc(-c3ccc4ccccc4n3)cc2)c2ccc(-c3ccc4ccccc4n3)cc2)cc1. The lowest BCUT2D eigenvalue weighted by molar-refractivity contribution is 1.28. The molecule has 6 heteroatoms. The zero-order chi connectivity index (χ0) is 35.7. The normalized spacial score (nSPS) is 11.7. The third kappa shape index (κ3) is 6.05. The highest BCUT2D eigenvalue weighted by Crippen LogP contribution is 2.40. The highest BCUT2D eigenvalue weighted by atomic mass is 32.1. The predicted molar refractivity (Wildman–Crippen MR) is 225 cm³/mol. The number of aromatic nitrogens is 2. The van der Waals surface area contributed by atoms with Gasteiger partial charge in [0, 0.05) is 67.2 Å². The van der Waals surface area contributed by atoms with E-state index in [1.807, 2.05) is 31.3 Å². The van der Waals surface area contributed by atoms with Gasteiger partial charge in [-0.15, -0.1) is 11.3 Å². The zero-order valence-corrected chi connectivity index (χ0v) is 29.8. The Morgan fingerprint density at radius 1 is 0.547 bits per heavy atom. The summed E-state index contributed by atoms with van der Waals surface area (Å²) in [4.78, 5) is 21.3. The molecule has 0 saturated heterocycles. The van der Waals surface area contributed by atoms with E-state index < -0.39 is 0 Å². The fourth-order valence-electron chi connectivity index (χ4n) is 6.99. The van der Waals surface area contributed by atoms with Gasteiger partial charge >= 0.3 is 0 Å². The summed E-state index contributed by atoms with van der Waals surface area (Å²) in [7, 11) is 1.84. The molecule has 5 nitrogen and oxygen atoms in total. The summed E-state index contributed by atoms with van der Waals surface area (Å²) in [6, 6.07) is 59.1. The van der Waals surface area contributed by atoms with Crippen LogP contribution in [0, 0.1) is 0 Å². The molecule has 0 radical (unpaired) electrons. The lowest BCUT2D eigenvalue weighted by Gasteiger charge is -2.26. The largest absolute Gasteiger partial charge is 0.311 e. The van der Waals surface area contributed by atoms with Gasteiger partial charge in [-0.2, -0.15) is 0 Å². The van der Waals surface area contributed by atoms with E-state index in [9.17, 15) is 0 Å². The van der Waals surface area contributed by atoms with Crippen molar-refractivity contribution >= 4 is 77.7 Å².